The van der Waals surface area contributed by atoms with Crippen molar-refractivity contribution in [2.45, 2.75) is 26.3 Å². The van der Waals surface area contributed by atoms with Crippen molar-refractivity contribution in [1.82, 2.24) is 4.90 Å². The lowest BCUT2D eigenvalue weighted by molar-refractivity contribution is 0.0708. The number of ether oxygens (including phenoxy) is 2. The van der Waals surface area contributed by atoms with Gasteiger partial charge in [0.15, 0.2) is 0 Å². The van der Waals surface area contributed by atoms with Gasteiger partial charge in [-0.15, -0.1) is 0 Å². The van der Waals surface area contributed by atoms with Crippen molar-refractivity contribution in [3.63, 3.8) is 0 Å². The number of nitrogens with two attached hydrogens (primary N) is 1. The Morgan fingerprint density at radius 1 is 1.33 bits per heavy atom. The van der Waals surface area contributed by atoms with Crippen LogP contribution in [-0.4, -0.2) is 42.6 Å². The molecule has 0 atom stereocenters. The van der Waals surface area contributed by atoms with E-state index in [1.54, 1.807) is 30.2 Å². The molecule has 116 valence electrons. The molecule has 1 aromatic carbocycles. The average molecular weight is 310 g/mol. The summed E-state index contributed by atoms with van der Waals surface area (Å²) in [6, 6.07) is 5.18. The highest BCUT2D eigenvalue weighted by atomic mass is 32.1. The summed E-state index contributed by atoms with van der Waals surface area (Å²) in [5.74, 6) is 1.02. The highest BCUT2D eigenvalue weighted by molar-refractivity contribution is 7.80. The van der Waals surface area contributed by atoms with Crippen LogP contribution in [0.1, 0.15) is 30.6 Å². The van der Waals surface area contributed by atoms with Gasteiger partial charge in [-0.1, -0.05) is 12.2 Å². The Hall–Kier alpha value is -1.82. The van der Waals surface area contributed by atoms with Crippen LogP contribution in [0, 0.1) is 0 Å². The van der Waals surface area contributed by atoms with E-state index in [0.29, 0.717) is 35.0 Å². The number of amides is 1. The number of carbonyl (C=O) groups is 1. The Morgan fingerprint density at radius 2 is 2.00 bits per heavy atom. The van der Waals surface area contributed by atoms with E-state index >= 15 is 0 Å². The lowest BCUT2D eigenvalue weighted by Gasteiger charge is -2.27. The van der Waals surface area contributed by atoms with Crippen molar-refractivity contribution in [2.75, 3.05) is 20.8 Å². The second-order valence-corrected chi connectivity index (χ2v) is 5.40. The number of benzene rings is 1. The maximum absolute atomic E-state index is 12.7. The Labute approximate surface area is 131 Å². The Kier molecular flexibility index (Phi) is 6.42. The van der Waals surface area contributed by atoms with Crippen LogP contribution in [0.3, 0.4) is 0 Å². The lowest BCUT2D eigenvalue weighted by atomic mass is 10.1. The molecule has 0 heterocycles. The molecule has 0 radical (unpaired) electrons. The molecule has 0 spiro atoms. The maximum Gasteiger partial charge on any atom is 0.257 e. The smallest absolute Gasteiger partial charge is 0.257 e. The molecule has 6 heteroatoms. The number of rotatable bonds is 7. The molecule has 0 aliphatic rings. The first kappa shape index (κ1) is 17.2. The minimum absolute atomic E-state index is 0.0404. The summed E-state index contributed by atoms with van der Waals surface area (Å²) in [5.41, 5.74) is 6.02. The van der Waals surface area contributed by atoms with E-state index in [1.807, 2.05) is 13.8 Å². The van der Waals surface area contributed by atoms with E-state index in [-0.39, 0.29) is 11.9 Å². The highest BCUT2D eigenvalue weighted by Crippen LogP contribution is 2.26. The third-order valence-corrected chi connectivity index (χ3v) is 3.33. The van der Waals surface area contributed by atoms with Gasteiger partial charge in [0.2, 0.25) is 0 Å². The molecule has 0 aromatic heterocycles. The van der Waals surface area contributed by atoms with Gasteiger partial charge in [0.1, 0.15) is 11.5 Å². The maximum atomic E-state index is 12.7. The second kappa shape index (κ2) is 7.83. The monoisotopic (exact) mass is 310 g/mol. The SMILES string of the molecule is COc1ccc(C(=O)N(CCC(N)=S)C(C)C)c(OC)c1. The molecule has 1 rings (SSSR count). The topological polar surface area (TPSA) is 64.8 Å². The normalized spacial score (nSPS) is 10.3. The third-order valence-electron chi connectivity index (χ3n) is 3.12. The number of carbonyl (C=O) groups excluding carboxylic acids is 1. The van der Waals surface area contributed by atoms with E-state index in [0.717, 1.165) is 0 Å². The first-order chi connectivity index (χ1) is 9.90. The fourth-order valence-corrected chi connectivity index (χ4v) is 2.05. The average Bonchev–Trinajstić information content (AvgIpc) is 2.45. The quantitative estimate of drug-likeness (QED) is 0.782. The fourth-order valence-electron chi connectivity index (χ4n) is 1.95. The summed E-state index contributed by atoms with van der Waals surface area (Å²) in [5, 5.41) is 0. The molecule has 0 bridgehead atoms. The van der Waals surface area contributed by atoms with E-state index in [1.165, 1.54) is 7.11 Å². The van der Waals surface area contributed by atoms with Crippen molar-refractivity contribution >= 4 is 23.1 Å². The Balaban J connectivity index is 3.05. The molecular formula is C15H22N2O3S. The third kappa shape index (κ3) is 4.60. The van der Waals surface area contributed by atoms with Crippen LogP contribution in [0.25, 0.3) is 0 Å². The number of hydrogen-bond donors (Lipinski definition) is 1. The minimum Gasteiger partial charge on any atom is -0.497 e. The first-order valence-corrected chi connectivity index (χ1v) is 7.12. The Bertz CT molecular complexity index is 518. The van der Waals surface area contributed by atoms with Gasteiger partial charge >= 0.3 is 0 Å². The number of nitrogens with zero attached hydrogens (tertiary/aromatic N) is 1. The predicted octanol–water partition coefficient (Wildman–Crippen LogP) is 2.23. The molecule has 2 N–H and O–H groups in total. The molecule has 1 amide bonds. The van der Waals surface area contributed by atoms with Crippen LogP contribution < -0.4 is 15.2 Å². The van der Waals surface area contributed by atoms with Crippen LogP contribution in [0.5, 0.6) is 11.5 Å². The van der Waals surface area contributed by atoms with Crippen molar-refractivity contribution in [2.24, 2.45) is 5.73 Å². The number of hydrogen-bond acceptors (Lipinski definition) is 4. The standard InChI is InChI=1S/C15H22N2O3S/c1-10(2)17(8-7-14(16)21)15(18)12-6-5-11(19-3)9-13(12)20-4/h5-6,9-10H,7-8H2,1-4H3,(H2,16,21). The van der Waals surface area contributed by atoms with Gasteiger partial charge in [-0.3, -0.25) is 4.79 Å². The van der Waals surface area contributed by atoms with E-state index in [4.69, 9.17) is 27.4 Å². The molecule has 0 aliphatic carbocycles. The van der Waals surface area contributed by atoms with Crippen molar-refractivity contribution in [3.8, 4) is 11.5 Å². The van der Waals surface area contributed by atoms with E-state index < -0.39 is 0 Å². The van der Waals surface area contributed by atoms with Crippen molar-refractivity contribution in [1.29, 1.82) is 0 Å². The fraction of sp³-hybridized carbons (Fsp3) is 0.467. The number of methoxy groups -OCH3 is 2. The summed E-state index contributed by atoms with van der Waals surface area (Å²) in [6.45, 7) is 4.39. The molecule has 0 fully saturated rings. The molecule has 1 aromatic rings. The van der Waals surface area contributed by atoms with Crippen molar-refractivity contribution in [3.05, 3.63) is 23.8 Å². The second-order valence-electron chi connectivity index (χ2n) is 4.87. The van der Waals surface area contributed by atoms with Crippen molar-refractivity contribution < 1.29 is 14.3 Å². The molecule has 0 aliphatic heterocycles. The van der Waals surface area contributed by atoms with Crippen LogP contribution in [0.15, 0.2) is 18.2 Å². The van der Waals surface area contributed by atoms with Gasteiger partial charge in [0, 0.05) is 25.1 Å². The first-order valence-electron chi connectivity index (χ1n) is 6.72. The summed E-state index contributed by atoms with van der Waals surface area (Å²) < 4.78 is 10.4. The zero-order valence-corrected chi connectivity index (χ0v) is 13.7. The van der Waals surface area contributed by atoms with Gasteiger partial charge < -0.3 is 20.1 Å². The predicted molar refractivity (Wildman–Crippen MR) is 87.1 cm³/mol. The summed E-state index contributed by atoms with van der Waals surface area (Å²) in [6.07, 6.45) is 0.498. The molecular weight excluding hydrogens is 288 g/mol. The zero-order valence-electron chi connectivity index (χ0n) is 12.9. The van der Waals surface area contributed by atoms with E-state index in [9.17, 15) is 4.79 Å². The summed E-state index contributed by atoms with van der Waals surface area (Å²) >= 11 is 4.88. The number of thiocarbonyl (C=S) groups is 1. The molecule has 21 heavy (non-hydrogen) atoms. The molecule has 0 saturated carbocycles. The van der Waals surface area contributed by atoms with Crippen LogP contribution >= 0.6 is 12.2 Å². The Morgan fingerprint density at radius 3 is 2.48 bits per heavy atom. The van der Waals surface area contributed by atoms with Gasteiger partial charge in [-0.25, -0.2) is 0 Å². The zero-order chi connectivity index (χ0) is 16.0. The molecule has 0 saturated heterocycles. The molecule has 0 unspecified atom stereocenters. The minimum atomic E-state index is -0.110. The summed E-state index contributed by atoms with van der Waals surface area (Å²) in [7, 11) is 3.10. The summed E-state index contributed by atoms with van der Waals surface area (Å²) in [4.78, 5) is 14.8. The highest BCUT2D eigenvalue weighted by Gasteiger charge is 2.22. The van der Waals surface area contributed by atoms with Crippen LogP contribution in [0.4, 0.5) is 0 Å². The van der Waals surface area contributed by atoms with Gasteiger partial charge in [-0.2, -0.15) is 0 Å². The lowest BCUT2D eigenvalue weighted by Crippen LogP contribution is -2.39. The van der Waals surface area contributed by atoms with Crippen LogP contribution in [0.2, 0.25) is 0 Å². The van der Waals surface area contributed by atoms with Gasteiger partial charge in [-0.05, 0) is 26.0 Å². The van der Waals surface area contributed by atoms with E-state index in [2.05, 4.69) is 0 Å². The van der Waals surface area contributed by atoms with Crippen LogP contribution in [-0.2, 0) is 0 Å². The van der Waals surface area contributed by atoms with Gasteiger partial charge in [0.25, 0.3) is 5.91 Å². The molecule has 5 nitrogen and oxygen atoms in total. The van der Waals surface area contributed by atoms with Gasteiger partial charge in [0.05, 0.1) is 24.8 Å². The largest absolute Gasteiger partial charge is 0.497 e.